The molecule has 1 heterocycles. The minimum Gasteiger partial charge on any atom is -0.446 e. The molecule has 8 heavy (non-hydrogen) atoms. The van der Waals surface area contributed by atoms with Crippen molar-refractivity contribution in [2.75, 3.05) is 0 Å². The van der Waals surface area contributed by atoms with Crippen molar-refractivity contribution in [1.82, 2.24) is 10.2 Å². The summed E-state index contributed by atoms with van der Waals surface area (Å²) < 4.78 is 5.92. The summed E-state index contributed by atoms with van der Waals surface area (Å²) in [4.78, 5) is 0. The van der Waals surface area contributed by atoms with Crippen LogP contribution in [0.2, 0.25) is 5.79 Å². The van der Waals surface area contributed by atoms with Crippen LogP contribution in [0.1, 0.15) is 5.89 Å². The van der Waals surface area contributed by atoms with E-state index in [0.717, 1.165) is 4.75 Å². The molecule has 0 aromatic carbocycles. The molecule has 0 spiro atoms. The second-order valence-electron chi connectivity index (χ2n) is 1.57. The highest BCUT2D eigenvalue weighted by atomic mass is 27.1. The Balaban J connectivity index is 2.84. The first-order valence-electron chi connectivity index (χ1n) is 2.62. The van der Waals surface area contributed by atoms with E-state index in [-0.39, 0.29) is 15.2 Å². The first-order chi connectivity index (χ1) is 3.83. The second kappa shape index (κ2) is 2.29. The summed E-state index contributed by atoms with van der Waals surface area (Å²) in [7, 11) is 0. The van der Waals surface area contributed by atoms with Crippen molar-refractivity contribution in [3.63, 3.8) is 0 Å². The number of nitrogens with zero attached hydrogens (tertiary/aromatic N) is 2. The van der Waals surface area contributed by atoms with Gasteiger partial charge in [-0.1, -0.05) is 0 Å². The maximum absolute atomic E-state index is 5.07. The number of hydrogen-bond donors (Lipinski definition) is 0. The van der Waals surface area contributed by atoms with E-state index in [9.17, 15) is 0 Å². The van der Waals surface area contributed by atoms with Gasteiger partial charge in [0, 0.05) is 6.92 Å². The van der Waals surface area contributed by atoms with E-state index < -0.39 is 0 Å². The average Bonchev–Trinajstić information content (AvgIpc) is 2.14. The van der Waals surface area contributed by atoms with Gasteiger partial charge >= 0.3 is 15.2 Å². The van der Waals surface area contributed by atoms with Crippen molar-refractivity contribution in [1.29, 1.82) is 0 Å². The molecule has 0 bridgehead atoms. The van der Waals surface area contributed by atoms with Crippen molar-refractivity contribution < 1.29 is 4.42 Å². The Morgan fingerprint density at radius 2 is 2.25 bits per heavy atom. The monoisotopic (exact) mass is 126 g/mol. The van der Waals surface area contributed by atoms with Crippen LogP contribution >= 0.6 is 0 Å². The number of rotatable bonds is 1. The van der Waals surface area contributed by atoms with Crippen molar-refractivity contribution >= 4 is 20.0 Å². The summed E-state index contributed by atoms with van der Waals surface area (Å²) in [5, 5.41) is 7.48. The molecule has 0 saturated carbocycles. The van der Waals surface area contributed by atoms with Crippen LogP contribution < -0.4 is 4.75 Å². The van der Waals surface area contributed by atoms with E-state index in [4.69, 9.17) is 4.42 Å². The van der Waals surface area contributed by atoms with Crippen LogP contribution in [0.5, 0.6) is 0 Å². The summed E-state index contributed by atoms with van der Waals surface area (Å²) in [6.07, 6.45) is 0. The van der Waals surface area contributed by atoms with E-state index in [0.29, 0.717) is 5.89 Å². The third-order valence-electron chi connectivity index (χ3n) is 0.870. The Labute approximate surface area is 53.8 Å². The Hall–Kier alpha value is -0.328. The zero-order chi connectivity index (χ0) is 5.98. The number of aromatic nitrogens is 2. The quantitative estimate of drug-likeness (QED) is 0.475. The Morgan fingerprint density at radius 3 is 2.50 bits per heavy atom. The average molecular weight is 126 g/mol. The molecule has 1 aromatic rings. The Kier molecular flexibility index (Phi) is 1.66. The van der Waals surface area contributed by atoms with E-state index in [2.05, 4.69) is 16.0 Å². The topological polar surface area (TPSA) is 38.9 Å². The number of aryl methyl sites for hydroxylation is 1. The third kappa shape index (κ3) is 1.09. The largest absolute Gasteiger partial charge is 0.446 e. The minimum absolute atomic E-state index is 0.228. The van der Waals surface area contributed by atoms with Crippen LogP contribution in [0.25, 0.3) is 0 Å². The van der Waals surface area contributed by atoms with Gasteiger partial charge in [0.15, 0.2) is 0 Å². The summed E-state index contributed by atoms with van der Waals surface area (Å²) in [5.41, 5.74) is 0. The molecule has 0 aliphatic heterocycles. The first-order valence-corrected chi connectivity index (χ1v) is 4.74. The molecule has 1 rings (SSSR count). The standard InChI is InChI=1S/C3H3N2O.CH3.Al.H/c1-3-5-4-2-6-3;;;/h1H3;1H3;;. The van der Waals surface area contributed by atoms with Crippen LogP contribution in [0.15, 0.2) is 4.42 Å². The van der Waals surface area contributed by atoms with Gasteiger partial charge in [0.2, 0.25) is 5.89 Å². The molecular weight excluding hydrogens is 119 g/mol. The molecule has 0 unspecified atom stereocenters. The predicted octanol–water partition coefficient (Wildman–Crippen LogP) is -0.512. The van der Waals surface area contributed by atoms with Crippen LogP contribution in [0.4, 0.5) is 0 Å². The van der Waals surface area contributed by atoms with E-state index >= 15 is 0 Å². The summed E-state index contributed by atoms with van der Waals surface area (Å²) in [5.74, 6) is 2.79. The fraction of sp³-hybridized carbons (Fsp3) is 0.500. The Morgan fingerprint density at radius 1 is 1.50 bits per heavy atom. The molecule has 3 nitrogen and oxygen atoms in total. The molecule has 0 radical (unpaired) electrons. The lowest BCUT2D eigenvalue weighted by atomic mass is 10.8. The van der Waals surface area contributed by atoms with E-state index in [1.54, 1.807) is 6.92 Å². The maximum atomic E-state index is 5.07. The third-order valence-corrected chi connectivity index (χ3v) is 1.76. The minimum atomic E-state index is -0.228. The summed E-state index contributed by atoms with van der Waals surface area (Å²) in [6, 6.07) is 0. The highest BCUT2D eigenvalue weighted by Crippen LogP contribution is 1.81. The van der Waals surface area contributed by atoms with Crippen LogP contribution in [0.3, 0.4) is 0 Å². The van der Waals surface area contributed by atoms with Crippen LogP contribution in [-0.2, 0) is 0 Å². The van der Waals surface area contributed by atoms with Crippen LogP contribution in [0, 0.1) is 6.92 Å². The summed E-state index contributed by atoms with van der Waals surface area (Å²) in [6.45, 7) is 1.81. The zero-order valence-corrected chi connectivity index (χ0v) is 6.42. The van der Waals surface area contributed by atoms with Crippen molar-refractivity contribution in [3.8, 4) is 0 Å². The lowest BCUT2D eigenvalue weighted by Crippen LogP contribution is -2.10. The Bertz CT molecular complexity index is 174. The second-order valence-corrected chi connectivity index (χ2v) is 2.88. The number of hydrogen-bond acceptors (Lipinski definition) is 3. The maximum Gasteiger partial charge on any atom is 0.374 e. The molecule has 1 aromatic heterocycles. The molecule has 4 heteroatoms. The fourth-order valence-corrected chi connectivity index (χ4v) is 1.05. The SMILES string of the molecule is [CH3][AlH][c]1nnc(C)o1. The fourth-order valence-electron chi connectivity index (χ4n) is 0.480. The highest BCUT2D eigenvalue weighted by molar-refractivity contribution is 6.48. The van der Waals surface area contributed by atoms with E-state index in [1.165, 1.54) is 0 Å². The van der Waals surface area contributed by atoms with Crippen molar-refractivity contribution in [2.45, 2.75) is 12.7 Å². The molecule has 0 atom stereocenters. The smallest absolute Gasteiger partial charge is 0.374 e. The van der Waals surface area contributed by atoms with Gasteiger partial charge in [-0.05, 0) is 0 Å². The first kappa shape index (κ1) is 5.80. The molecule has 42 valence electrons. The van der Waals surface area contributed by atoms with Gasteiger partial charge in [0.05, 0.1) is 0 Å². The zero-order valence-electron chi connectivity index (χ0n) is 5.01. The lowest BCUT2D eigenvalue weighted by molar-refractivity contribution is 0.548. The lowest BCUT2D eigenvalue weighted by Gasteiger charge is -1.75. The summed E-state index contributed by atoms with van der Waals surface area (Å²) >= 11 is -0.228. The van der Waals surface area contributed by atoms with Gasteiger partial charge in [-0.25, -0.2) is 0 Å². The van der Waals surface area contributed by atoms with Gasteiger partial charge in [-0.3, -0.25) is 0 Å². The predicted molar refractivity (Wildman–Crippen MR) is 31.7 cm³/mol. The van der Waals surface area contributed by atoms with Crippen LogP contribution in [-0.4, -0.2) is 25.4 Å². The normalized spacial score (nSPS) is 9.25. The van der Waals surface area contributed by atoms with Gasteiger partial charge in [-0.15, -0.1) is 16.0 Å². The molecule has 0 aliphatic carbocycles. The van der Waals surface area contributed by atoms with Crippen molar-refractivity contribution in [3.05, 3.63) is 5.89 Å². The van der Waals surface area contributed by atoms with Gasteiger partial charge < -0.3 is 4.42 Å². The van der Waals surface area contributed by atoms with Gasteiger partial charge in [0.1, 0.15) is 4.75 Å². The van der Waals surface area contributed by atoms with Crippen molar-refractivity contribution in [2.24, 2.45) is 0 Å². The highest BCUT2D eigenvalue weighted by Gasteiger charge is 1.97. The molecular formula is C4H7AlN2O. The van der Waals surface area contributed by atoms with Gasteiger partial charge in [0.25, 0.3) is 0 Å². The molecule has 0 aliphatic rings. The molecule has 0 fully saturated rings. The molecule has 0 amide bonds. The molecule has 0 saturated heterocycles. The van der Waals surface area contributed by atoms with Gasteiger partial charge in [-0.2, -0.15) is 0 Å². The van der Waals surface area contributed by atoms with E-state index in [1.807, 2.05) is 0 Å². The molecule has 0 N–H and O–H groups in total.